The SMILES string of the molecule is [B]c1cc(C(F)(F)F)cc2[nH]c(N3CCN(c4nccc5ccccc45)CC3)nc12. The summed E-state index contributed by atoms with van der Waals surface area (Å²) in [6, 6.07) is 12.1. The number of piperazine rings is 1. The normalized spacial score (nSPS) is 15.3. The van der Waals surface area contributed by atoms with Crippen LogP contribution in [0.3, 0.4) is 0 Å². The van der Waals surface area contributed by atoms with E-state index in [-0.39, 0.29) is 11.0 Å². The third kappa shape index (κ3) is 3.24. The molecule has 3 heterocycles. The molecule has 4 aromatic rings. The second-order valence-electron chi connectivity index (χ2n) is 7.35. The number of benzene rings is 2. The largest absolute Gasteiger partial charge is 0.416 e. The van der Waals surface area contributed by atoms with Gasteiger partial charge in [-0.3, -0.25) is 0 Å². The van der Waals surface area contributed by atoms with Crippen LogP contribution in [-0.4, -0.2) is 49.0 Å². The van der Waals surface area contributed by atoms with E-state index in [4.69, 9.17) is 7.85 Å². The monoisotopic (exact) mass is 407 g/mol. The summed E-state index contributed by atoms with van der Waals surface area (Å²) in [5, 5.41) is 2.24. The predicted molar refractivity (Wildman–Crippen MR) is 113 cm³/mol. The maximum absolute atomic E-state index is 13.1. The first-order valence-corrected chi connectivity index (χ1v) is 9.60. The van der Waals surface area contributed by atoms with E-state index in [1.165, 1.54) is 0 Å². The van der Waals surface area contributed by atoms with Gasteiger partial charge >= 0.3 is 6.18 Å². The van der Waals surface area contributed by atoms with Gasteiger partial charge in [0, 0.05) is 37.8 Å². The number of alkyl halides is 3. The Kier molecular flexibility index (Phi) is 4.34. The number of halogens is 3. The Labute approximate surface area is 171 Å². The van der Waals surface area contributed by atoms with Gasteiger partial charge in [-0.05, 0) is 17.5 Å². The molecular formula is C21H17BF3N5. The van der Waals surface area contributed by atoms with Crippen LogP contribution in [0.25, 0.3) is 21.8 Å². The summed E-state index contributed by atoms with van der Waals surface area (Å²) >= 11 is 0. The van der Waals surface area contributed by atoms with Crippen LogP contribution in [0, 0.1) is 0 Å². The standard InChI is InChI=1S/C21H17BF3N5/c22-16-11-14(21(23,24)25)12-17-18(16)28-20(27-17)30-9-7-29(8-10-30)19-15-4-2-1-3-13(15)5-6-26-19/h1-6,11-12H,7-10H2,(H,27,28). The molecule has 0 unspecified atom stereocenters. The first-order chi connectivity index (χ1) is 14.4. The summed E-state index contributed by atoms with van der Waals surface area (Å²) in [4.78, 5) is 16.3. The number of aromatic amines is 1. The summed E-state index contributed by atoms with van der Waals surface area (Å²) in [7, 11) is 5.83. The molecule has 1 N–H and O–H groups in total. The lowest BCUT2D eigenvalue weighted by atomic mass is 9.92. The minimum atomic E-state index is -4.45. The molecule has 0 saturated carbocycles. The van der Waals surface area contributed by atoms with Gasteiger partial charge in [0.15, 0.2) is 0 Å². The van der Waals surface area contributed by atoms with E-state index >= 15 is 0 Å². The van der Waals surface area contributed by atoms with E-state index in [2.05, 4.69) is 32.0 Å². The number of nitrogens with one attached hydrogen (secondary N) is 1. The number of imidazole rings is 1. The Bertz CT molecular complexity index is 1220. The van der Waals surface area contributed by atoms with Gasteiger partial charge in [0.1, 0.15) is 13.7 Å². The molecule has 1 fully saturated rings. The van der Waals surface area contributed by atoms with Crippen LogP contribution in [0.1, 0.15) is 5.56 Å². The zero-order chi connectivity index (χ0) is 20.9. The quantitative estimate of drug-likeness (QED) is 0.519. The van der Waals surface area contributed by atoms with Gasteiger partial charge in [-0.15, -0.1) is 0 Å². The predicted octanol–water partition coefficient (Wildman–Crippen LogP) is 3.25. The van der Waals surface area contributed by atoms with Gasteiger partial charge in [0.25, 0.3) is 0 Å². The fraction of sp³-hybridized carbons (Fsp3) is 0.238. The first kappa shape index (κ1) is 18.8. The van der Waals surface area contributed by atoms with Crippen molar-refractivity contribution < 1.29 is 13.2 Å². The lowest BCUT2D eigenvalue weighted by molar-refractivity contribution is -0.137. The number of nitrogens with zero attached hydrogens (tertiary/aromatic N) is 4. The molecule has 150 valence electrons. The highest BCUT2D eigenvalue weighted by molar-refractivity contribution is 6.38. The molecule has 1 saturated heterocycles. The number of hydrogen-bond acceptors (Lipinski definition) is 4. The highest BCUT2D eigenvalue weighted by Gasteiger charge is 2.31. The van der Waals surface area contributed by atoms with E-state index in [9.17, 15) is 13.2 Å². The van der Waals surface area contributed by atoms with E-state index in [0.717, 1.165) is 41.8 Å². The summed E-state index contributed by atoms with van der Waals surface area (Å²) < 4.78 is 39.2. The maximum Gasteiger partial charge on any atom is 0.416 e. The van der Waals surface area contributed by atoms with Crippen LogP contribution in [0.15, 0.2) is 48.7 Å². The molecule has 5 nitrogen and oxygen atoms in total. The fourth-order valence-corrected chi connectivity index (χ4v) is 3.93. The second-order valence-corrected chi connectivity index (χ2v) is 7.35. The summed E-state index contributed by atoms with van der Waals surface area (Å²) in [6.07, 6.45) is -2.64. The molecule has 30 heavy (non-hydrogen) atoms. The average molecular weight is 407 g/mol. The molecule has 2 aromatic heterocycles. The Morgan fingerprint density at radius 2 is 1.70 bits per heavy atom. The van der Waals surface area contributed by atoms with Crippen molar-refractivity contribution in [3.05, 3.63) is 54.2 Å². The van der Waals surface area contributed by atoms with Crippen LogP contribution in [-0.2, 0) is 6.18 Å². The van der Waals surface area contributed by atoms with Gasteiger partial charge in [0.2, 0.25) is 5.95 Å². The van der Waals surface area contributed by atoms with Crippen molar-refractivity contribution in [2.75, 3.05) is 36.0 Å². The third-order valence-corrected chi connectivity index (χ3v) is 5.46. The van der Waals surface area contributed by atoms with Gasteiger partial charge < -0.3 is 14.8 Å². The Morgan fingerprint density at radius 3 is 2.47 bits per heavy atom. The molecular weight excluding hydrogens is 390 g/mol. The lowest BCUT2D eigenvalue weighted by Crippen LogP contribution is -2.47. The molecule has 0 atom stereocenters. The van der Waals surface area contributed by atoms with Crippen molar-refractivity contribution in [2.24, 2.45) is 0 Å². The maximum atomic E-state index is 13.1. The number of H-pyrrole nitrogens is 1. The molecule has 5 rings (SSSR count). The van der Waals surface area contributed by atoms with Crippen molar-refractivity contribution in [3.8, 4) is 0 Å². The number of anilines is 2. The third-order valence-electron chi connectivity index (χ3n) is 5.46. The smallest absolute Gasteiger partial charge is 0.353 e. The molecule has 2 aromatic carbocycles. The van der Waals surface area contributed by atoms with Crippen molar-refractivity contribution >= 4 is 46.9 Å². The zero-order valence-corrected chi connectivity index (χ0v) is 15.9. The van der Waals surface area contributed by atoms with Gasteiger partial charge in [0.05, 0.1) is 16.6 Å². The number of rotatable bonds is 2. The summed E-state index contributed by atoms with van der Waals surface area (Å²) in [5.74, 6) is 1.47. The van der Waals surface area contributed by atoms with Crippen LogP contribution in [0.5, 0.6) is 0 Å². The van der Waals surface area contributed by atoms with Crippen LogP contribution >= 0.6 is 0 Å². The van der Waals surface area contributed by atoms with Crippen molar-refractivity contribution in [1.82, 2.24) is 15.0 Å². The molecule has 0 aliphatic carbocycles. The molecule has 9 heteroatoms. The van der Waals surface area contributed by atoms with Crippen LogP contribution in [0.4, 0.5) is 24.9 Å². The average Bonchev–Trinajstić information content (AvgIpc) is 3.18. The van der Waals surface area contributed by atoms with Gasteiger partial charge in [-0.1, -0.05) is 35.8 Å². The minimum absolute atomic E-state index is 0.0147. The van der Waals surface area contributed by atoms with E-state index in [0.29, 0.717) is 24.6 Å². The van der Waals surface area contributed by atoms with Crippen molar-refractivity contribution in [3.63, 3.8) is 0 Å². The minimum Gasteiger partial charge on any atom is -0.353 e. The van der Waals surface area contributed by atoms with Crippen LogP contribution in [0.2, 0.25) is 0 Å². The Morgan fingerprint density at radius 1 is 0.967 bits per heavy atom. The molecule has 2 radical (unpaired) electrons. The lowest BCUT2D eigenvalue weighted by Gasteiger charge is -2.35. The van der Waals surface area contributed by atoms with Crippen molar-refractivity contribution in [2.45, 2.75) is 6.18 Å². The van der Waals surface area contributed by atoms with Crippen molar-refractivity contribution in [1.29, 1.82) is 0 Å². The highest BCUT2D eigenvalue weighted by atomic mass is 19.4. The highest BCUT2D eigenvalue weighted by Crippen LogP contribution is 2.31. The van der Waals surface area contributed by atoms with Gasteiger partial charge in [-0.2, -0.15) is 13.2 Å². The zero-order valence-electron chi connectivity index (χ0n) is 15.9. The number of pyridine rings is 1. The topological polar surface area (TPSA) is 48.1 Å². The van der Waals surface area contributed by atoms with E-state index in [1.54, 1.807) is 0 Å². The summed E-state index contributed by atoms with van der Waals surface area (Å²) in [6.45, 7) is 2.77. The number of hydrogen-bond donors (Lipinski definition) is 1. The fourth-order valence-electron chi connectivity index (χ4n) is 3.93. The van der Waals surface area contributed by atoms with Crippen LogP contribution < -0.4 is 15.3 Å². The molecule has 1 aliphatic rings. The molecule has 0 spiro atoms. The van der Waals surface area contributed by atoms with E-state index < -0.39 is 11.7 Å². The second kappa shape index (κ2) is 6.93. The summed E-state index contributed by atoms with van der Waals surface area (Å²) in [5.41, 5.74) is -0.123. The van der Waals surface area contributed by atoms with Gasteiger partial charge in [-0.25, -0.2) is 9.97 Å². The molecule has 1 aliphatic heterocycles. The Hall–Kier alpha value is -3.23. The number of aromatic nitrogens is 3. The first-order valence-electron chi connectivity index (χ1n) is 9.60. The van der Waals surface area contributed by atoms with E-state index in [1.807, 2.05) is 29.3 Å². The molecule has 0 bridgehead atoms. The number of fused-ring (bicyclic) bond motifs is 2. The molecule has 0 amide bonds. The Balaban J connectivity index is 1.39.